The molecule has 1 fully saturated rings. The van der Waals surface area contributed by atoms with E-state index in [9.17, 15) is 27.2 Å². The van der Waals surface area contributed by atoms with Crippen molar-refractivity contribution < 1.29 is 36.3 Å². The summed E-state index contributed by atoms with van der Waals surface area (Å²) in [5, 5.41) is 0. The molecule has 178 valence electrons. The number of furan rings is 1. The molecule has 0 N–H and O–H groups in total. The van der Waals surface area contributed by atoms with Gasteiger partial charge in [0.2, 0.25) is 0 Å². The first-order chi connectivity index (χ1) is 16.2. The summed E-state index contributed by atoms with van der Waals surface area (Å²) in [6.07, 6.45) is -4.53. The largest absolute Gasteiger partial charge is 0.486 e. The fraction of sp³-hybridized carbons (Fsp3) is 0.250. The van der Waals surface area contributed by atoms with E-state index in [0.29, 0.717) is 11.5 Å². The van der Waals surface area contributed by atoms with Crippen LogP contribution in [0.3, 0.4) is 0 Å². The summed E-state index contributed by atoms with van der Waals surface area (Å²) in [4.78, 5) is 28.3. The third kappa shape index (κ3) is 5.38. The standard InChI is InChI=1S/C24H20F4N2O4/c25-18-4-6-19(7-5-18)33-15-20-8-9-21(34-20)23(32)30-12-10-29(11-13-30)22(31)16-2-1-3-17(14-16)24(26,27)28/h1-9,14H,10-13,15H2. The second-order valence-corrected chi connectivity index (χ2v) is 7.67. The summed E-state index contributed by atoms with van der Waals surface area (Å²) in [6.45, 7) is 0.847. The van der Waals surface area contributed by atoms with E-state index in [1.54, 1.807) is 6.07 Å². The van der Waals surface area contributed by atoms with Crippen LogP contribution in [0.1, 0.15) is 32.2 Å². The average Bonchev–Trinajstić information content (AvgIpc) is 3.31. The Labute approximate surface area is 192 Å². The highest BCUT2D eigenvalue weighted by Crippen LogP contribution is 2.30. The van der Waals surface area contributed by atoms with Gasteiger partial charge < -0.3 is 19.0 Å². The van der Waals surface area contributed by atoms with Crippen LogP contribution in [0.4, 0.5) is 17.6 Å². The minimum Gasteiger partial charge on any atom is -0.486 e. The maximum Gasteiger partial charge on any atom is 0.416 e. The Morgan fingerprint density at radius 2 is 1.53 bits per heavy atom. The van der Waals surface area contributed by atoms with Gasteiger partial charge in [-0.05, 0) is 54.6 Å². The highest BCUT2D eigenvalue weighted by atomic mass is 19.4. The number of hydrogen-bond acceptors (Lipinski definition) is 4. The lowest BCUT2D eigenvalue weighted by Gasteiger charge is -2.34. The highest BCUT2D eigenvalue weighted by Gasteiger charge is 2.32. The van der Waals surface area contributed by atoms with Crippen LogP contribution in [0.25, 0.3) is 0 Å². The first kappa shape index (κ1) is 23.3. The molecule has 0 aliphatic carbocycles. The van der Waals surface area contributed by atoms with Crippen molar-refractivity contribution in [2.75, 3.05) is 26.2 Å². The van der Waals surface area contributed by atoms with Crippen LogP contribution in [0.5, 0.6) is 5.75 Å². The molecule has 4 rings (SSSR count). The molecule has 2 heterocycles. The van der Waals surface area contributed by atoms with E-state index in [0.717, 1.165) is 12.1 Å². The summed E-state index contributed by atoms with van der Waals surface area (Å²) in [5.74, 6) is -0.292. The van der Waals surface area contributed by atoms with Crippen molar-refractivity contribution >= 4 is 11.8 Å². The maximum atomic E-state index is 13.0. The van der Waals surface area contributed by atoms with Gasteiger partial charge in [0.25, 0.3) is 11.8 Å². The molecule has 10 heteroatoms. The van der Waals surface area contributed by atoms with E-state index in [1.165, 1.54) is 52.3 Å². The van der Waals surface area contributed by atoms with E-state index in [2.05, 4.69) is 0 Å². The number of benzene rings is 2. The molecule has 0 atom stereocenters. The number of piperazine rings is 1. The van der Waals surface area contributed by atoms with Crippen LogP contribution in [0.15, 0.2) is 65.1 Å². The van der Waals surface area contributed by atoms with E-state index < -0.39 is 17.6 Å². The van der Waals surface area contributed by atoms with Gasteiger partial charge in [0.05, 0.1) is 5.56 Å². The summed E-state index contributed by atoms with van der Waals surface area (Å²) in [6, 6.07) is 12.9. The van der Waals surface area contributed by atoms with Crippen molar-refractivity contribution in [3.63, 3.8) is 0 Å². The number of amides is 2. The van der Waals surface area contributed by atoms with Gasteiger partial charge >= 0.3 is 6.18 Å². The fourth-order valence-electron chi connectivity index (χ4n) is 3.54. The molecular weight excluding hydrogens is 456 g/mol. The Morgan fingerprint density at radius 1 is 0.882 bits per heavy atom. The Kier molecular flexibility index (Phi) is 6.58. The molecule has 0 radical (unpaired) electrons. The lowest BCUT2D eigenvalue weighted by atomic mass is 10.1. The minimum atomic E-state index is -4.53. The molecule has 2 amide bonds. The number of carbonyl (C=O) groups excluding carboxylic acids is 2. The van der Waals surface area contributed by atoms with Crippen molar-refractivity contribution in [1.82, 2.24) is 9.80 Å². The molecule has 0 spiro atoms. The van der Waals surface area contributed by atoms with Crippen LogP contribution >= 0.6 is 0 Å². The van der Waals surface area contributed by atoms with Crippen molar-refractivity contribution in [3.8, 4) is 5.75 Å². The number of rotatable bonds is 5. The van der Waals surface area contributed by atoms with Crippen molar-refractivity contribution in [3.05, 3.63) is 89.1 Å². The van der Waals surface area contributed by atoms with Gasteiger partial charge in [-0.25, -0.2) is 4.39 Å². The Bertz CT molecular complexity index is 1170. The van der Waals surface area contributed by atoms with Gasteiger partial charge in [-0.2, -0.15) is 13.2 Å². The smallest absolute Gasteiger partial charge is 0.416 e. The minimum absolute atomic E-state index is 0.0496. The first-order valence-corrected chi connectivity index (χ1v) is 10.4. The highest BCUT2D eigenvalue weighted by molar-refractivity contribution is 5.95. The van der Waals surface area contributed by atoms with Crippen molar-refractivity contribution in [2.45, 2.75) is 12.8 Å². The van der Waals surface area contributed by atoms with Gasteiger partial charge in [0.15, 0.2) is 5.76 Å². The van der Waals surface area contributed by atoms with Gasteiger partial charge in [0.1, 0.15) is 23.9 Å². The quantitative estimate of drug-likeness (QED) is 0.505. The van der Waals surface area contributed by atoms with Crippen molar-refractivity contribution in [1.29, 1.82) is 0 Å². The number of nitrogens with zero attached hydrogens (tertiary/aromatic N) is 2. The third-order valence-electron chi connectivity index (χ3n) is 5.36. The number of halogens is 4. The molecule has 34 heavy (non-hydrogen) atoms. The van der Waals surface area contributed by atoms with Crippen LogP contribution in [0, 0.1) is 5.82 Å². The fourth-order valence-corrected chi connectivity index (χ4v) is 3.54. The topological polar surface area (TPSA) is 63.0 Å². The summed E-state index contributed by atoms with van der Waals surface area (Å²) < 4.78 is 62.8. The van der Waals surface area contributed by atoms with Gasteiger partial charge in [-0.1, -0.05) is 6.07 Å². The van der Waals surface area contributed by atoms with Crippen LogP contribution in [0.2, 0.25) is 0 Å². The Hall–Kier alpha value is -3.82. The molecule has 1 saturated heterocycles. The van der Waals surface area contributed by atoms with E-state index in [-0.39, 0.29) is 55.8 Å². The molecule has 0 unspecified atom stereocenters. The molecule has 1 aromatic heterocycles. The third-order valence-corrected chi connectivity index (χ3v) is 5.36. The van der Waals surface area contributed by atoms with Crippen LogP contribution < -0.4 is 4.74 Å². The summed E-state index contributed by atoms with van der Waals surface area (Å²) in [7, 11) is 0. The molecule has 0 saturated carbocycles. The average molecular weight is 476 g/mol. The second kappa shape index (κ2) is 9.58. The SMILES string of the molecule is O=C(c1cccc(C(F)(F)F)c1)N1CCN(C(=O)c2ccc(COc3ccc(F)cc3)o2)CC1. The molecular formula is C24H20F4N2O4. The monoisotopic (exact) mass is 476 g/mol. The van der Waals surface area contributed by atoms with Crippen LogP contribution in [-0.4, -0.2) is 47.8 Å². The Morgan fingerprint density at radius 3 is 2.18 bits per heavy atom. The van der Waals surface area contributed by atoms with Gasteiger partial charge in [-0.15, -0.1) is 0 Å². The molecule has 0 bridgehead atoms. The molecule has 6 nitrogen and oxygen atoms in total. The second-order valence-electron chi connectivity index (χ2n) is 7.67. The molecule has 2 aromatic carbocycles. The molecule has 1 aliphatic heterocycles. The number of ether oxygens (including phenoxy) is 1. The molecule has 1 aliphatic rings. The predicted molar refractivity (Wildman–Crippen MR) is 113 cm³/mol. The maximum absolute atomic E-state index is 13.0. The normalized spacial score (nSPS) is 14.2. The zero-order valence-electron chi connectivity index (χ0n) is 17.8. The lowest BCUT2D eigenvalue weighted by Crippen LogP contribution is -2.50. The predicted octanol–water partition coefficient (Wildman–Crippen LogP) is 4.61. The lowest BCUT2D eigenvalue weighted by molar-refractivity contribution is -0.137. The van der Waals surface area contributed by atoms with E-state index >= 15 is 0 Å². The van der Waals surface area contributed by atoms with Gasteiger partial charge in [0, 0.05) is 31.7 Å². The van der Waals surface area contributed by atoms with E-state index in [1.807, 2.05) is 0 Å². The summed E-state index contributed by atoms with van der Waals surface area (Å²) in [5.41, 5.74) is -0.935. The number of alkyl halides is 3. The van der Waals surface area contributed by atoms with Crippen LogP contribution in [-0.2, 0) is 12.8 Å². The first-order valence-electron chi connectivity index (χ1n) is 10.4. The van der Waals surface area contributed by atoms with Gasteiger partial charge in [-0.3, -0.25) is 9.59 Å². The van der Waals surface area contributed by atoms with Crippen molar-refractivity contribution in [2.24, 2.45) is 0 Å². The zero-order chi connectivity index (χ0) is 24.3. The number of carbonyl (C=O) groups is 2. The molecule has 3 aromatic rings. The zero-order valence-corrected chi connectivity index (χ0v) is 17.8. The summed E-state index contributed by atoms with van der Waals surface area (Å²) >= 11 is 0. The number of hydrogen-bond donors (Lipinski definition) is 0. The van der Waals surface area contributed by atoms with E-state index in [4.69, 9.17) is 9.15 Å². The Balaban J connectivity index is 1.31.